The van der Waals surface area contributed by atoms with E-state index in [1.54, 1.807) is 11.3 Å². The van der Waals surface area contributed by atoms with E-state index in [2.05, 4.69) is 17.2 Å². The summed E-state index contributed by atoms with van der Waals surface area (Å²) in [4.78, 5) is 32.4. The first kappa shape index (κ1) is 25.5. The molecule has 1 aliphatic rings. The molecule has 0 fully saturated rings. The van der Waals surface area contributed by atoms with E-state index in [1.165, 1.54) is 0 Å². The number of nitrogens with two attached hydrogens (primary N) is 1. The highest BCUT2D eigenvalue weighted by Gasteiger charge is 2.22. The Morgan fingerprint density at radius 2 is 1.88 bits per heavy atom. The molecule has 0 bridgehead atoms. The van der Waals surface area contributed by atoms with Crippen LogP contribution in [0.25, 0.3) is 6.08 Å². The van der Waals surface area contributed by atoms with Gasteiger partial charge in [-0.3, -0.25) is 4.79 Å². The Morgan fingerprint density at radius 1 is 1.18 bits per heavy atom. The molecule has 0 aliphatic carbocycles. The molecule has 1 aliphatic heterocycles. The maximum Gasteiger partial charge on any atom is 0.407 e. The van der Waals surface area contributed by atoms with Crippen molar-refractivity contribution in [3.63, 3.8) is 0 Å². The minimum absolute atomic E-state index is 0.00751. The van der Waals surface area contributed by atoms with Crippen LogP contribution in [0.15, 0.2) is 46.3 Å². The molecular formula is C26H34N4O3S. The summed E-state index contributed by atoms with van der Waals surface area (Å²) in [6, 6.07) is 10.1. The second-order valence-corrected chi connectivity index (χ2v) is 10.3. The van der Waals surface area contributed by atoms with Gasteiger partial charge in [0.2, 0.25) is 0 Å². The fourth-order valence-electron chi connectivity index (χ4n) is 3.63. The van der Waals surface area contributed by atoms with Gasteiger partial charge in [-0.05, 0) is 62.3 Å². The molecule has 2 aromatic rings. The normalized spacial score (nSPS) is 13.3. The first-order chi connectivity index (χ1) is 16.1. The third-order valence-electron chi connectivity index (χ3n) is 5.15. The van der Waals surface area contributed by atoms with Gasteiger partial charge in [0.25, 0.3) is 5.91 Å². The third kappa shape index (κ3) is 7.45. The van der Waals surface area contributed by atoms with Crippen LogP contribution in [-0.2, 0) is 22.5 Å². The summed E-state index contributed by atoms with van der Waals surface area (Å²) < 4.78 is 5.26. The molecule has 2 heterocycles. The molecule has 34 heavy (non-hydrogen) atoms. The fraction of sp³-hybridized carbons (Fsp3) is 0.423. The number of aliphatic imine (C=N–C) groups is 1. The predicted octanol–water partition coefficient (Wildman–Crippen LogP) is 5.03. The molecule has 1 aromatic carbocycles. The number of alkyl carbamates (subject to hydrolysis) is 1. The van der Waals surface area contributed by atoms with E-state index in [0.29, 0.717) is 43.9 Å². The molecule has 0 saturated heterocycles. The molecule has 0 radical (unpaired) electrons. The average Bonchev–Trinajstić information content (AvgIpc) is 3.11. The highest BCUT2D eigenvalue weighted by Crippen LogP contribution is 2.31. The van der Waals surface area contributed by atoms with E-state index in [1.807, 2.05) is 67.5 Å². The van der Waals surface area contributed by atoms with Crippen molar-refractivity contribution in [2.24, 2.45) is 10.7 Å². The van der Waals surface area contributed by atoms with E-state index < -0.39 is 11.7 Å². The third-order valence-corrected chi connectivity index (χ3v) is 6.00. The zero-order valence-electron chi connectivity index (χ0n) is 20.4. The highest BCUT2D eigenvalue weighted by atomic mass is 32.1. The van der Waals surface area contributed by atoms with E-state index in [0.717, 1.165) is 28.1 Å². The van der Waals surface area contributed by atoms with Gasteiger partial charge in [-0.15, -0.1) is 11.3 Å². The quantitative estimate of drug-likeness (QED) is 0.551. The lowest BCUT2D eigenvalue weighted by atomic mass is 10.1. The fourth-order valence-corrected chi connectivity index (χ4v) is 4.42. The van der Waals surface area contributed by atoms with Crippen molar-refractivity contribution in [1.82, 2.24) is 10.2 Å². The summed E-state index contributed by atoms with van der Waals surface area (Å²) in [5.74, 6) is 0.449. The topological polar surface area (TPSA) is 97.0 Å². The number of ether oxygens (including phenoxy) is 1. The smallest absolute Gasteiger partial charge is 0.407 e. The number of carbonyl (C=O) groups is 2. The van der Waals surface area contributed by atoms with Crippen LogP contribution in [0.3, 0.4) is 0 Å². The number of benzene rings is 1. The molecule has 0 saturated carbocycles. The van der Waals surface area contributed by atoms with Crippen LogP contribution in [0.4, 0.5) is 10.5 Å². The second kappa shape index (κ2) is 11.3. The van der Waals surface area contributed by atoms with Gasteiger partial charge < -0.3 is 20.7 Å². The monoisotopic (exact) mass is 482 g/mol. The molecule has 0 spiro atoms. The molecule has 0 unspecified atom stereocenters. The standard InChI is InChI=1S/C26H34N4O3S/c1-5-13-30(24(31)20-15-22-21(11-14-34-22)29-23(27)16-20)17-19-8-6-18(7-9-19)10-12-28-25(32)33-26(2,3)4/h6-9,11,14-15H,5,10,12-13,16-17H2,1-4H3,(H2,27,29)(H,28,32). The number of hydrogen-bond donors (Lipinski definition) is 2. The number of thiophene rings is 1. The summed E-state index contributed by atoms with van der Waals surface area (Å²) in [6.07, 6.45) is 3.43. The van der Waals surface area contributed by atoms with Crippen LogP contribution >= 0.6 is 11.3 Å². The molecular weight excluding hydrogens is 448 g/mol. The van der Waals surface area contributed by atoms with Gasteiger partial charge in [-0.2, -0.15) is 0 Å². The number of rotatable bonds is 8. The minimum atomic E-state index is -0.509. The second-order valence-electron chi connectivity index (χ2n) is 9.34. The number of hydrogen-bond acceptors (Lipinski definition) is 6. The summed E-state index contributed by atoms with van der Waals surface area (Å²) in [7, 11) is 0. The molecule has 3 N–H and O–H groups in total. The van der Waals surface area contributed by atoms with Crippen LogP contribution in [0.5, 0.6) is 0 Å². The largest absolute Gasteiger partial charge is 0.444 e. The maximum atomic E-state index is 13.4. The van der Waals surface area contributed by atoms with Crippen LogP contribution < -0.4 is 11.1 Å². The Morgan fingerprint density at radius 3 is 2.56 bits per heavy atom. The summed E-state index contributed by atoms with van der Waals surface area (Å²) >= 11 is 1.56. The number of nitrogens with zero attached hydrogens (tertiary/aromatic N) is 2. The zero-order valence-corrected chi connectivity index (χ0v) is 21.2. The minimum Gasteiger partial charge on any atom is -0.444 e. The first-order valence-electron chi connectivity index (χ1n) is 11.6. The molecule has 0 atom stereocenters. The number of amidine groups is 1. The Balaban J connectivity index is 1.61. The maximum absolute atomic E-state index is 13.4. The Hall–Kier alpha value is -3.13. The van der Waals surface area contributed by atoms with Gasteiger partial charge >= 0.3 is 6.09 Å². The summed E-state index contributed by atoms with van der Waals surface area (Å²) in [6.45, 7) is 9.26. The Labute approximate surface area is 205 Å². The molecule has 182 valence electrons. The molecule has 8 heteroatoms. The SMILES string of the molecule is CCCN(Cc1ccc(CCNC(=O)OC(C)(C)C)cc1)C(=O)C1=Cc2sccc2N=C(N)C1. The van der Waals surface area contributed by atoms with Crippen molar-refractivity contribution >= 4 is 40.9 Å². The van der Waals surface area contributed by atoms with Gasteiger partial charge in [0.1, 0.15) is 11.4 Å². The molecule has 3 rings (SSSR count). The molecule has 1 aromatic heterocycles. The van der Waals surface area contributed by atoms with Crippen molar-refractivity contribution in [3.8, 4) is 0 Å². The van der Waals surface area contributed by atoms with Crippen molar-refractivity contribution in [2.75, 3.05) is 13.1 Å². The van der Waals surface area contributed by atoms with Gasteiger partial charge in [0.05, 0.1) is 10.6 Å². The van der Waals surface area contributed by atoms with Crippen molar-refractivity contribution in [2.45, 2.75) is 59.1 Å². The van der Waals surface area contributed by atoms with Gasteiger partial charge in [0, 0.05) is 31.6 Å². The lowest BCUT2D eigenvalue weighted by Crippen LogP contribution is -2.33. The predicted molar refractivity (Wildman–Crippen MR) is 138 cm³/mol. The van der Waals surface area contributed by atoms with E-state index in [9.17, 15) is 9.59 Å². The van der Waals surface area contributed by atoms with E-state index in [4.69, 9.17) is 10.5 Å². The number of nitrogens with one attached hydrogen (secondary N) is 1. The summed E-state index contributed by atoms with van der Waals surface area (Å²) in [5.41, 5.74) is 9.22. The Bertz CT molecular complexity index is 1060. The highest BCUT2D eigenvalue weighted by molar-refractivity contribution is 7.11. The van der Waals surface area contributed by atoms with Crippen LogP contribution in [0.2, 0.25) is 0 Å². The van der Waals surface area contributed by atoms with Crippen molar-refractivity contribution in [3.05, 3.63) is 57.3 Å². The first-order valence-corrected chi connectivity index (χ1v) is 12.5. The number of carbonyl (C=O) groups excluding carboxylic acids is 2. The van der Waals surface area contributed by atoms with E-state index in [-0.39, 0.29) is 5.91 Å². The lowest BCUT2D eigenvalue weighted by Gasteiger charge is -2.24. The zero-order chi connectivity index (χ0) is 24.7. The van der Waals surface area contributed by atoms with E-state index >= 15 is 0 Å². The van der Waals surface area contributed by atoms with Crippen molar-refractivity contribution < 1.29 is 14.3 Å². The Kier molecular flexibility index (Phi) is 8.50. The van der Waals surface area contributed by atoms with Gasteiger partial charge in [-0.1, -0.05) is 31.2 Å². The van der Waals surface area contributed by atoms with Gasteiger partial charge in [-0.25, -0.2) is 9.79 Å². The number of fused-ring (bicyclic) bond motifs is 1. The molecule has 2 amide bonds. The van der Waals surface area contributed by atoms with Gasteiger partial charge in [0.15, 0.2) is 0 Å². The van der Waals surface area contributed by atoms with Crippen LogP contribution in [0, 0.1) is 0 Å². The average molecular weight is 483 g/mol. The summed E-state index contributed by atoms with van der Waals surface area (Å²) in [5, 5.41) is 4.74. The van der Waals surface area contributed by atoms with Crippen LogP contribution in [-0.4, -0.2) is 41.4 Å². The molecule has 7 nitrogen and oxygen atoms in total. The van der Waals surface area contributed by atoms with Crippen LogP contribution in [0.1, 0.15) is 56.5 Å². The number of amides is 2. The van der Waals surface area contributed by atoms with Crippen molar-refractivity contribution in [1.29, 1.82) is 0 Å². The lowest BCUT2D eigenvalue weighted by molar-refractivity contribution is -0.127.